The zero-order chi connectivity index (χ0) is 20.0. The van der Waals surface area contributed by atoms with E-state index in [2.05, 4.69) is 11.4 Å². The number of hydrogen-bond donors (Lipinski definition) is 1. The van der Waals surface area contributed by atoms with E-state index in [1.807, 2.05) is 30.0 Å². The first-order chi connectivity index (χ1) is 13.7. The Balaban J connectivity index is 1.58. The number of carbonyl (C=O) groups excluding carboxylic acids is 2. The molecule has 1 saturated heterocycles. The number of likely N-dealkylation sites (tertiary alicyclic amines) is 1. The summed E-state index contributed by atoms with van der Waals surface area (Å²) in [7, 11) is 0. The highest BCUT2D eigenvalue weighted by Crippen LogP contribution is 2.19. The minimum atomic E-state index is -0.109. The molecular formula is C22H34N2O4. The van der Waals surface area contributed by atoms with E-state index in [-0.39, 0.29) is 11.9 Å². The Kier molecular flexibility index (Phi) is 10.4. The summed E-state index contributed by atoms with van der Waals surface area (Å²) >= 11 is 0. The lowest BCUT2D eigenvalue weighted by Crippen LogP contribution is -2.26. The van der Waals surface area contributed by atoms with Gasteiger partial charge in [0.1, 0.15) is 5.75 Å². The molecule has 1 heterocycles. The predicted octanol–water partition coefficient (Wildman–Crippen LogP) is 2.94. The van der Waals surface area contributed by atoms with Gasteiger partial charge < -0.3 is 19.7 Å². The van der Waals surface area contributed by atoms with Crippen LogP contribution in [0, 0.1) is 0 Å². The molecule has 1 amide bonds. The Bertz CT molecular complexity index is 606. The van der Waals surface area contributed by atoms with Gasteiger partial charge in [-0.05, 0) is 63.7 Å². The third-order valence-corrected chi connectivity index (χ3v) is 4.83. The lowest BCUT2D eigenvalue weighted by Gasteiger charge is -2.16. The molecule has 1 fully saturated rings. The van der Waals surface area contributed by atoms with Crippen LogP contribution in [0.4, 0.5) is 0 Å². The average molecular weight is 391 g/mol. The number of ether oxygens (including phenoxy) is 2. The van der Waals surface area contributed by atoms with Crippen LogP contribution in [-0.4, -0.2) is 56.2 Å². The van der Waals surface area contributed by atoms with Gasteiger partial charge in [0.2, 0.25) is 5.91 Å². The Morgan fingerprint density at radius 1 is 1.18 bits per heavy atom. The number of nitrogens with one attached hydrogen (secondary N) is 1. The first-order valence-electron chi connectivity index (χ1n) is 10.6. The number of esters is 1. The van der Waals surface area contributed by atoms with Gasteiger partial charge in [-0.25, -0.2) is 0 Å². The summed E-state index contributed by atoms with van der Waals surface area (Å²) in [6.07, 6.45) is 5.75. The summed E-state index contributed by atoms with van der Waals surface area (Å²) < 4.78 is 10.9. The maximum Gasteiger partial charge on any atom is 0.305 e. The molecule has 1 aromatic carbocycles. The van der Waals surface area contributed by atoms with E-state index in [0.29, 0.717) is 26.1 Å². The highest BCUT2D eigenvalue weighted by Gasteiger charge is 2.19. The molecule has 1 aliphatic rings. The summed E-state index contributed by atoms with van der Waals surface area (Å²) in [5, 5.41) is 3.42. The van der Waals surface area contributed by atoms with Crippen LogP contribution in [-0.2, 0) is 20.7 Å². The van der Waals surface area contributed by atoms with Gasteiger partial charge >= 0.3 is 5.97 Å². The molecule has 6 nitrogen and oxygen atoms in total. The molecule has 1 N–H and O–H groups in total. The van der Waals surface area contributed by atoms with Gasteiger partial charge in [0.05, 0.1) is 13.2 Å². The van der Waals surface area contributed by atoms with Crippen molar-refractivity contribution in [3.05, 3.63) is 29.8 Å². The van der Waals surface area contributed by atoms with Crippen LogP contribution in [0.1, 0.15) is 51.0 Å². The second-order valence-electron chi connectivity index (χ2n) is 7.06. The molecule has 0 unspecified atom stereocenters. The van der Waals surface area contributed by atoms with Gasteiger partial charge in [-0.2, -0.15) is 0 Å². The Labute approximate surface area is 168 Å². The van der Waals surface area contributed by atoms with Crippen molar-refractivity contribution in [3.8, 4) is 5.75 Å². The van der Waals surface area contributed by atoms with Gasteiger partial charge in [0.25, 0.3) is 0 Å². The van der Waals surface area contributed by atoms with E-state index in [1.54, 1.807) is 0 Å². The Morgan fingerprint density at radius 3 is 2.82 bits per heavy atom. The van der Waals surface area contributed by atoms with Crippen molar-refractivity contribution >= 4 is 11.9 Å². The van der Waals surface area contributed by atoms with Crippen LogP contribution in [0.25, 0.3) is 0 Å². The first-order valence-corrected chi connectivity index (χ1v) is 10.6. The monoisotopic (exact) mass is 390 g/mol. The topological polar surface area (TPSA) is 67.9 Å². The number of hydrogen-bond acceptors (Lipinski definition) is 5. The highest BCUT2D eigenvalue weighted by molar-refractivity contribution is 5.78. The maximum atomic E-state index is 11.6. The van der Waals surface area contributed by atoms with E-state index in [9.17, 15) is 9.59 Å². The van der Waals surface area contributed by atoms with Crippen molar-refractivity contribution in [2.45, 2.75) is 51.9 Å². The second-order valence-corrected chi connectivity index (χ2v) is 7.06. The molecule has 1 aliphatic heterocycles. The van der Waals surface area contributed by atoms with Crippen LogP contribution < -0.4 is 10.1 Å². The molecule has 2 rings (SSSR count). The molecule has 6 heteroatoms. The lowest BCUT2D eigenvalue weighted by atomic mass is 10.1. The number of para-hydroxylation sites is 1. The summed E-state index contributed by atoms with van der Waals surface area (Å²) in [6.45, 7) is 6.36. The average Bonchev–Trinajstić information content (AvgIpc) is 3.10. The van der Waals surface area contributed by atoms with Crippen LogP contribution in [0.15, 0.2) is 24.3 Å². The zero-order valence-corrected chi connectivity index (χ0v) is 17.1. The van der Waals surface area contributed by atoms with Crippen molar-refractivity contribution in [1.29, 1.82) is 0 Å². The maximum absolute atomic E-state index is 11.6. The van der Waals surface area contributed by atoms with Crippen LogP contribution >= 0.6 is 0 Å². The molecule has 1 aromatic rings. The SMILES string of the molecule is CCOC(=O)CCCCNCCc1ccccc1OCCCN1CCCC1=O. The second kappa shape index (κ2) is 13.2. The standard InChI is InChI=1S/C22H34N2O4/c1-2-27-22(26)12-5-6-14-23-15-13-19-9-3-4-10-20(19)28-18-8-17-24-16-7-11-21(24)25/h3-4,9-10,23H,2,5-8,11-18H2,1H3. The summed E-state index contributed by atoms with van der Waals surface area (Å²) in [5.41, 5.74) is 1.19. The number of rotatable bonds is 14. The van der Waals surface area contributed by atoms with Gasteiger partial charge in [-0.3, -0.25) is 9.59 Å². The van der Waals surface area contributed by atoms with E-state index in [4.69, 9.17) is 9.47 Å². The van der Waals surface area contributed by atoms with E-state index in [1.165, 1.54) is 5.56 Å². The minimum Gasteiger partial charge on any atom is -0.493 e. The molecular weight excluding hydrogens is 356 g/mol. The first kappa shape index (κ1) is 22.2. The largest absolute Gasteiger partial charge is 0.493 e. The number of benzene rings is 1. The molecule has 28 heavy (non-hydrogen) atoms. The fourth-order valence-corrected chi connectivity index (χ4v) is 3.33. The highest BCUT2D eigenvalue weighted by atomic mass is 16.5. The van der Waals surface area contributed by atoms with Crippen LogP contribution in [0.3, 0.4) is 0 Å². The normalized spacial score (nSPS) is 13.8. The lowest BCUT2D eigenvalue weighted by molar-refractivity contribution is -0.143. The number of nitrogens with zero attached hydrogens (tertiary/aromatic N) is 1. The summed E-state index contributed by atoms with van der Waals surface area (Å²) in [4.78, 5) is 24.8. The van der Waals surface area contributed by atoms with Crippen molar-refractivity contribution in [1.82, 2.24) is 10.2 Å². The number of carbonyl (C=O) groups is 2. The Morgan fingerprint density at radius 2 is 2.04 bits per heavy atom. The van der Waals surface area contributed by atoms with Gasteiger partial charge in [0, 0.05) is 25.9 Å². The Hall–Kier alpha value is -2.08. The van der Waals surface area contributed by atoms with Gasteiger partial charge in [0.15, 0.2) is 0 Å². The molecule has 0 aromatic heterocycles. The van der Waals surface area contributed by atoms with Crippen molar-refractivity contribution < 1.29 is 19.1 Å². The van der Waals surface area contributed by atoms with Gasteiger partial charge in [-0.15, -0.1) is 0 Å². The molecule has 0 aliphatic carbocycles. The summed E-state index contributed by atoms with van der Waals surface area (Å²) in [6, 6.07) is 8.13. The molecule has 156 valence electrons. The predicted molar refractivity (Wildman–Crippen MR) is 109 cm³/mol. The molecule has 0 spiro atoms. The molecule has 0 bridgehead atoms. The van der Waals surface area contributed by atoms with E-state index < -0.39 is 0 Å². The number of unbranched alkanes of at least 4 members (excludes halogenated alkanes) is 1. The quantitative estimate of drug-likeness (QED) is 0.391. The van der Waals surface area contributed by atoms with Crippen molar-refractivity contribution in [2.24, 2.45) is 0 Å². The molecule has 0 radical (unpaired) electrons. The fourth-order valence-electron chi connectivity index (χ4n) is 3.33. The number of amides is 1. The van der Waals surface area contributed by atoms with Gasteiger partial charge in [-0.1, -0.05) is 18.2 Å². The molecule has 0 saturated carbocycles. The third kappa shape index (κ3) is 8.30. The smallest absolute Gasteiger partial charge is 0.305 e. The molecule has 0 atom stereocenters. The van der Waals surface area contributed by atoms with Crippen LogP contribution in [0.2, 0.25) is 0 Å². The van der Waals surface area contributed by atoms with E-state index >= 15 is 0 Å². The minimum absolute atomic E-state index is 0.109. The zero-order valence-electron chi connectivity index (χ0n) is 17.1. The van der Waals surface area contributed by atoms with Crippen LogP contribution in [0.5, 0.6) is 5.75 Å². The van der Waals surface area contributed by atoms with Crippen molar-refractivity contribution in [2.75, 3.05) is 39.4 Å². The third-order valence-electron chi connectivity index (χ3n) is 4.83. The van der Waals surface area contributed by atoms with E-state index in [0.717, 1.165) is 64.0 Å². The summed E-state index contributed by atoms with van der Waals surface area (Å²) in [5.74, 6) is 1.09. The van der Waals surface area contributed by atoms with Crippen molar-refractivity contribution in [3.63, 3.8) is 0 Å². The fraction of sp³-hybridized carbons (Fsp3) is 0.636.